The van der Waals surface area contributed by atoms with E-state index in [1.54, 1.807) is 6.92 Å². The number of thiazole rings is 1. The van der Waals surface area contributed by atoms with Gasteiger partial charge >= 0.3 is 0 Å². The third-order valence-corrected chi connectivity index (χ3v) is 9.05. The smallest absolute Gasteiger partial charge is 0.255 e. The normalized spacial score (nSPS) is 20.2. The number of aliphatic hydroxyl groups excluding tert-OH is 2. The molecular formula is C23H30N6O6S2. The second-order valence-electron chi connectivity index (χ2n) is 9.02. The van der Waals surface area contributed by atoms with Crippen LogP contribution in [-0.2, 0) is 19.4 Å². The molecule has 2 aliphatic heterocycles. The van der Waals surface area contributed by atoms with Gasteiger partial charge in [0.25, 0.3) is 11.8 Å². The molecule has 1 saturated heterocycles. The van der Waals surface area contributed by atoms with E-state index in [1.165, 1.54) is 4.90 Å². The second kappa shape index (κ2) is 10.8. The van der Waals surface area contributed by atoms with Crippen LogP contribution >= 0.6 is 11.3 Å². The summed E-state index contributed by atoms with van der Waals surface area (Å²) in [7, 11) is -3.64. The van der Waals surface area contributed by atoms with Crippen LogP contribution in [0.2, 0.25) is 0 Å². The maximum absolute atomic E-state index is 13.1. The molecule has 2 aromatic rings. The molecule has 200 valence electrons. The molecule has 1 fully saturated rings. The van der Waals surface area contributed by atoms with Gasteiger partial charge in [-0.3, -0.25) is 14.6 Å². The minimum atomic E-state index is -3.64. The van der Waals surface area contributed by atoms with Gasteiger partial charge in [-0.15, -0.1) is 0 Å². The minimum Gasteiger partial charge on any atom is -0.380 e. The van der Waals surface area contributed by atoms with Gasteiger partial charge in [0.05, 0.1) is 23.5 Å². The van der Waals surface area contributed by atoms with Crippen LogP contribution in [0, 0.1) is 0 Å². The van der Waals surface area contributed by atoms with E-state index in [0.29, 0.717) is 12.8 Å². The molecule has 1 aromatic carbocycles. The van der Waals surface area contributed by atoms with Gasteiger partial charge in [-0.05, 0) is 37.5 Å². The number of carbonyl (C=O) groups excluding carboxylic acids is 2. The molecule has 4 atom stereocenters. The number of likely N-dealkylation sites (tertiary alicyclic amines) is 1. The summed E-state index contributed by atoms with van der Waals surface area (Å²) >= 11 is 0.809. The summed E-state index contributed by atoms with van der Waals surface area (Å²) in [6.07, 6.45) is 1.79. The van der Waals surface area contributed by atoms with Crippen LogP contribution < -0.4 is 21.5 Å². The number of sulfone groups is 1. The quantitative estimate of drug-likeness (QED) is 0.306. The number of hydrogen-bond acceptors (Lipinski definition) is 11. The van der Waals surface area contributed by atoms with E-state index in [1.807, 2.05) is 41.6 Å². The summed E-state index contributed by atoms with van der Waals surface area (Å²) < 4.78 is 24.4. The maximum atomic E-state index is 13.1. The van der Waals surface area contributed by atoms with E-state index in [4.69, 9.17) is 5.73 Å². The molecule has 12 nitrogen and oxygen atoms in total. The third kappa shape index (κ3) is 5.78. The lowest BCUT2D eigenvalue weighted by atomic mass is 10.1. The van der Waals surface area contributed by atoms with Crippen molar-refractivity contribution in [1.29, 1.82) is 0 Å². The number of anilines is 2. The molecule has 3 heterocycles. The van der Waals surface area contributed by atoms with Gasteiger partial charge in [0.15, 0.2) is 27.2 Å². The fourth-order valence-electron chi connectivity index (χ4n) is 4.42. The zero-order valence-electron chi connectivity index (χ0n) is 20.4. The lowest BCUT2D eigenvalue weighted by molar-refractivity contribution is -0.154. The Hall–Kier alpha value is -3.04. The molecule has 1 aromatic heterocycles. The van der Waals surface area contributed by atoms with Gasteiger partial charge in [-0.1, -0.05) is 29.5 Å². The van der Waals surface area contributed by atoms with Gasteiger partial charge in [-0.2, -0.15) is 0 Å². The minimum absolute atomic E-state index is 0.0427. The average Bonchev–Trinajstić information content (AvgIpc) is 3.62. The summed E-state index contributed by atoms with van der Waals surface area (Å²) in [6, 6.07) is 6.16. The second-order valence-corrected chi connectivity index (χ2v) is 12.3. The fraction of sp³-hybridized carbons (Fsp3) is 0.435. The topological polar surface area (TPSA) is 178 Å². The molecule has 0 spiro atoms. The Labute approximate surface area is 218 Å². The average molecular weight is 551 g/mol. The van der Waals surface area contributed by atoms with Crippen molar-refractivity contribution in [3.05, 3.63) is 47.8 Å². The number of rotatable bonds is 8. The number of nitrogens with one attached hydrogen (secondary N) is 2. The Morgan fingerprint density at radius 1 is 1.24 bits per heavy atom. The molecule has 0 saturated carbocycles. The van der Waals surface area contributed by atoms with Crippen molar-refractivity contribution in [2.75, 3.05) is 30.1 Å². The van der Waals surface area contributed by atoms with Gasteiger partial charge in [0, 0.05) is 25.5 Å². The van der Waals surface area contributed by atoms with Crippen LogP contribution in [0.5, 0.6) is 0 Å². The van der Waals surface area contributed by atoms with E-state index < -0.39 is 45.9 Å². The first-order valence-corrected chi connectivity index (χ1v) is 14.4. The number of hydrogen-bond donors (Lipinski definition) is 5. The van der Waals surface area contributed by atoms with Gasteiger partial charge < -0.3 is 26.2 Å². The predicted octanol–water partition coefficient (Wildman–Crippen LogP) is 0.230. The standard InChI is InChI=1S/C23H30N6O6S2/c1-13(14-6-8-15(9-7-14)29-12-4-10-25-29)26-20(32)18(30)19(31)21(33)28-11-3-5-16(28)17-22(37(2,34)35)36-23(24)27-17/h4,6-9,12-13,16,18-19,25,30-31H,3,5,10-11H2,1-2H3,(H2,24,27)(H,26,32)/t13-,16-,18-,19-/m1/s1. The molecule has 4 rings (SSSR count). The molecule has 0 unspecified atom stereocenters. The first-order valence-electron chi connectivity index (χ1n) is 11.7. The van der Waals surface area contributed by atoms with Gasteiger partial charge in [0.1, 0.15) is 4.21 Å². The van der Waals surface area contributed by atoms with Crippen molar-refractivity contribution in [1.82, 2.24) is 20.6 Å². The number of aliphatic hydroxyl groups is 2. The Balaban J connectivity index is 1.41. The van der Waals surface area contributed by atoms with Crippen molar-refractivity contribution in [2.24, 2.45) is 0 Å². The number of carbonyl (C=O) groups is 2. The molecule has 6 N–H and O–H groups in total. The summed E-state index contributed by atoms with van der Waals surface area (Å²) in [5.74, 6) is -1.80. The third-order valence-electron chi connectivity index (χ3n) is 6.31. The molecule has 14 heteroatoms. The van der Waals surface area contributed by atoms with Gasteiger partial charge in [0.2, 0.25) is 0 Å². The number of nitrogen functional groups attached to an aromatic ring is 1. The molecule has 0 bridgehead atoms. The highest BCUT2D eigenvalue weighted by atomic mass is 32.2. The van der Waals surface area contributed by atoms with Crippen molar-refractivity contribution in [3.63, 3.8) is 0 Å². The van der Waals surface area contributed by atoms with Crippen molar-refractivity contribution in [3.8, 4) is 0 Å². The Morgan fingerprint density at radius 3 is 2.57 bits per heavy atom. The highest BCUT2D eigenvalue weighted by Crippen LogP contribution is 2.38. The van der Waals surface area contributed by atoms with E-state index in [2.05, 4.69) is 15.7 Å². The molecule has 0 radical (unpaired) electrons. The first kappa shape index (κ1) is 27.0. The monoisotopic (exact) mass is 550 g/mol. The summed E-state index contributed by atoms with van der Waals surface area (Å²) in [5, 5.41) is 25.6. The SMILES string of the molecule is C[C@@H](NC(=O)[C@H](O)[C@@H](O)C(=O)N1CCC[C@@H]1c1nc(N)sc1S(C)(=O)=O)c1ccc(N2C=CCN2)cc1. The number of nitrogens with two attached hydrogens (primary N) is 1. The zero-order valence-corrected chi connectivity index (χ0v) is 22.0. The van der Waals surface area contributed by atoms with Gasteiger partial charge in [-0.25, -0.2) is 18.8 Å². The summed E-state index contributed by atoms with van der Waals surface area (Å²) in [6.45, 7) is 2.67. The highest BCUT2D eigenvalue weighted by Gasteiger charge is 2.41. The maximum Gasteiger partial charge on any atom is 0.255 e. The molecule has 37 heavy (non-hydrogen) atoms. The number of nitrogens with zero attached hydrogens (tertiary/aromatic N) is 3. The van der Waals surface area contributed by atoms with Crippen LogP contribution in [0.3, 0.4) is 0 Å². The lowest BCUT2D eigenvalue weighted by Crippen LogP contribution is -2.51. The first-order chi connectivity index (χ1) is 17.5. The lowest BCUT2D eigenvalue weighted by Gasteiger charge is -2.28. The van der Waals surface area contributed by atoms with E-state index in [0.717, 1.165) is 35.4 Å². The fourth-order valence-corrected chi connectivity index (χ4v) is 6.46. The van der Waals surface area contributed by atoms with Crippen LogP contribution in [-0.4, -0.2) is 71.9 Å². The summed E-state index contributed by atoms with van der Waals surface area (Å²) in [5.41, 5.74) is 10.7. The predicted molar refractivity (Wildman–Crippen MR) is 138 cm³/mol. The van der Waals surface area contributed by atoms with Crippen molar-refractivity contribution >= 4 is 43.8 Å². The van der Waals surface area contributed by atoms with E-state index in [-0.39, 0.29) is 21.6 Å². The summed E-state index contributed by atoms with van der Waals surface area (Å²) in [4.78, 5) is 31.1. The van der Waals surface area contributed by atoms with Crippen LogP contribution in [0.1, 0.15) is 43.1 Å². The molecule has 2 aliphatic rings. The number of aromatic nitrogens is 1. The number of benzene rings is 1. The highest BCUT2D eigenvalue weighted by molar-refractivity contribution is 7.92. The van der Waals surface area contributed by atoms with Crippen LogP contribution in [0.25, 0.3) is 0 Å². The number of amides is 2. The van der Waals surface area contributed by atoms with Crippen molar-refractivity contribution in [2.45, 2.75) is 48.3 Å². The van der Waals surface area contributed by atoms with Crippen LogP contribution in [0.15, 0.2) is 40.8 Å². The van der Waals surface area contributed by atoms with Crippen LogP contribution in [0.4, 0.5) is 10.8 Å². The largest absolute Gasteiger partial charge is 0.380 e. The molecular weight excluding hydrogens is 520 g/mol. The Kier molecular flexibility index (Phi) is 7.85. The van der Waals surface area contributed by atoms with Crippen molar-refractivity contribution < 1.29 is 28.2 Å². The van der Waals surface area contributed by atoms with E-state index >= 15 is 0 Å². The van der Waals surface area contributed by atoms with E-state index in [9.17, 15) is 28.2 Å². The Morgan fingerprint density at radius 2 is 1.95 bits per heavy atom. The Bertz CT molecular complexity index is 1300. The molecule has 0 aliphatic carbocycles. The zero-order chi connectivity index (χ0) is 26.9. The molecule has 2 amide bonds. The number of hydrazine groups is 1.